The van der Waals surface area contributed by atoms with Gasteiger partial charge in [0.15, 0.2) is 0 Å². The van der Waals surface area contributed by atoms with Crippen LogP contribution in [0.5, 0.6) is 0 Å². The Morgan fingerprint density at radius 2 is 0.0323 bits per heavy atom. The molecule has 434 valence electrons. The van der Waals surface area contributed by atoms with Crippen LogP contribution in [0.1, 0.15) is 429 Å². The van der Waals surface area contributed by atoms with Gasteiger partial charge < -0.3 is 0 Å². The van der Waals surface area contributed by atoms with Crippen LogP contribution in [0.25, 0.3) is 0 Å². The third-order valence-corrected chi connectivity index (χ3v) is 0. The fraction of sp³-hybridized carbons (Fsp3) is 1.00. The molecular formula is C62H186. The molecule has 0 aromatic carbocycles. The van der Waals surface area contributed by atoms with Crippen molar-refractivity contribution in [3.63, 3.8) is 0 Å². The second-order valence-electron chi connectivity index (χ2n) is 0. The van der Waals surface area contributed by atoms with Crippen molar-refractivity contribution in [2.75, 3.05) is 0 Å². The molecule has 0 heterocycles. The lowest BCUT2D eigenvalue weighted by atomic mass is 11.0. The lowest BCUT2D eigenvalue weighted by Gasteiger charge is -1.07. The SMILES string of the molecule is CC.CC.CC.CC.CC.CC.CC.CC.CC.CC.CC.CC.CC.CC.CC.CC.CC.CC.CC.CC.CC.CC.CC.CC.CC.CC.CC.CC.CC.CC.CC. The van der Waals surface area contributed by atoms with Crippen molar-refractivity contribution in [1.82, 2.24) is 0 Å². The Hall–Kier alpha value is 0. The summed E-state index contributed by atoms with van der Waals surface area (Å²) in [4.78, 5) is 0. The van der Waals surface area contributed by atoms with Crippen LogP contribution in [0.3, 0.4) is 0 Å². The first-order valence-electron chi connectivity index (χ1n) is 31.0. The fourth-order valence-corrected chi connectivity index (χ4v) is 0. The first kappa shape index (κ1) is 240. The maximum atomic E-state index is 2.00. The molecule has 62 heavy (non-hydrogen) atoms. The maximum Gasteiger partial charge on any atom is -0.0683 e. The predicted octanol–water partition coefficient (Wildman–Crippen LogP) is 31.8. The van der Waals surface area contributed by atoms with Gasteiger partial charge in [0.05, 0.1) is 0 Å². The van der Waals surface area contributed by atoms with Crippen molar-refractivity contribution in [3.8, 4) is 0 Å². The molecule has 0 aromatic rings. The molecule has 0 nitrogen and oxygen atoms in total. The van der Waals surface area contributed by atoms with Crippen LogP contribution in [0.4, 0.5) is 0 Å². The molecule has 0 bridgehead atoms. The molecule has 0 N–H and O–H groups in total. The van der Waals surface area contributed by atoms with Crippen LogP contribution in [0.2, 0.25) is 0 Å². The zero-order valence-corrected chi connectivity index (χ0v) is 62.0. The molecule has 0 atom stereocenters. The van der Waals surface area contributed by atoms with Gasteiger partial charge in [0.1, 0.15) is 0 Å². The summed E-state index contributed by atoms with van der Waals surface area (Å²) in [5, 5.41) is 0. The maximum absolute atomic E-state index is 2.00. The molecule has 0 rings (SSSR count). The van der Waals surface area contributed by atoms with Gasteiger partial charge in [-0.05, 0) is 0 Å². The Morgan fingerprint density at radius 1 is 0.0323 bits per heavy atom. The van der Waals surface area contributed by atoms with Crippen LogP contribution in [0.15, 0.2) is 0 Å². The topological polar surface area (TPSA) is 0 Å². The van der Waals surface area contributed by atoms with Crippen LogP contribution in [-0.2, 0) is 0 Å². The third kappa shape index (κ3) is 0. The van der Waals surface area contributed by atoms with Gasteiger partial charge in [0.25, 0.3) is 0 Å². The van der Waals surface area contributed by atoms with E-state index in [1.807, 2.05) is 429 Å². The van der Waals surface area contributed by atoms with Gasteiger partial charge in [-0.1, -0.05) is 429 Å². The second-order valence-corrected chi connectivity index (χ2v) is 0. The molecular weight excluding hydrogens is 745 g/mol. The predicted molar refractivity (Wildman–Crippen MR) is 352 cm³/mol. The molecule has 0 unspecified atom stereocenters. The Bertz CT molecular complexity index is 0. The summed E-state index contributed by atoms with van der Waals surface area (Å²) in [7, 11) is 0. The zero-order valence-electron chi connectivity index (χ0n) is 62.0. The van der Waals surface area contributed by atoms with E-state index in [-0.39, 0.29) is 0 Å². The molecule has 0 saturated heterocycles. The highest BCUT2D eigenvalue weighted by Gasteiger charge is 0.992. The van der Waals surface area contributed by atoms with Crippen molar-refractivity contribution in [2.45, 2.75) is 429 Å². The van der Waals surface area contributed by atoms with Gasteiger partial charge in [-0.2, -0.15) is 0 Å². The average Bonchev–Trinajstić information content (AvgIpc) is 3.52. The van der Waals surface area contributed by atoms with E-state index in [0.717, 1.165) is 0 Å². The van der Waals surface area contributed by atoms with Crippen LogP contribution in [-0.4, -0.2) is 0 Å². The van der Waals surface area contributed by atoms with Crippen molar-refractivity contribution >= 4 is 0 Å². The van der Waals surface area contributed by atoms with Crippen molar-refractivity contribution < 1.29 is 0 Å². The fourth-order valence-electron chi connectivity index (χ4n) is 0. The zero-order chi connectivity index (χ0) is 62.0. The quantitative estimate of drug-likeness (QED) is 0.227. The molecule has 0 aliphatic carbocycles. The number of hydrogen-bond acceptors (Lipinski definition) is 0. The van der Waals surface area contributed by atoms with E-state index in [9.17, 15) is 0 Å². The highest BCUT2D eigenvalue weighted by atomic mass is 13.1. The Balaban J connectivity index is -0.00000000552. The Morgan fingerprint density at radius 3 is 0.0323 bits per heavy atom. The summed E-state index contributed by atoms with van der Waals surface area (Å²) in [5.41, 5.74) is 0. The van der Waals surface area contributed by atoms with E-state index in [0.29, 0.717) is 0 Å². The number of rotatable bonds is 0. The second kappa shape index (κ2) is 0. The standard InChI is InChI=1S/31C2H6/c31*1-2/h31*1-2H3. The van der Waals surface area contributed by atoms with Gasteiger partial charge in [-0.25, -0.2) is 0 Å². The van der Waals surface area contributed by atoms with Crippen molar-refractivity contribution in [1.29, 1.82) is 0 Å². The summed E-state index contributed by atoms with van der Waals surface area (Å²) >= 11 is 0. The highest BCUT2D eigenvalue weighted by molar-refractivity contribution is 3.56. The molecule has 0 fully saturated rings. The lowest BCUT2D eigenvalue weighted by Crippen LogP contribution is -0.856. The molecule has 0 radical (unpaired) electrons. The van der Waals surface area contributed by atoms with Crippen molar-refractivity contribution in [3.05, 3.63) is 0 Å². The van der Waals surface area contributed by atoms with Crippen molar-refractivity contribution in [2.24, 2.45) is 0 Å². The molecule has 0 heteroatoms. The Kier molecular flexibility index (Phi) is 0. The molecule has 0 aliphatic heterocycles. The van der Waals surface area contributed by atoms with Gasteiger partial charge in [-0.3, -0.25) is 0 Å². The monoisotopic (exact) mass is 931 g/mol. The first-order chi connectivity index (χ1) is 31.0. The largest absolute Gasteiger partial charge is 0.0683 e. The minimum absolute atomic E-state index is 2.00. The lowest BCUT2D eigenvalue weighted by molar-refractivity contribution is 1.50. The average molecular weight is 932 g/mol. The van der Waals surface area contributed by atoms with Gasteiger partial charge >= 0.3 is 0 Å². The minimum Gasteiger partial charge on any atom is -0.0683 e. The molecule has 0 aliphatic rings. The highest BCUT2D eigenvalue weighted by Crippen LogP contribution is 1.20. The van der Waals surface area contributed by atoms with E-state index >= 15 is 0 Å². The summed E-state index contributed by atoms with van der Waals surface area (Å²) < 4.78 is 0. The van der Waals surface area contributed by atoms with Crippen LogP contribution < -0.4 is 0 Å². The third-order valence-electron chi connectivity index (χ3n) is 0. The minimum atomic E-state index is 2.00. The van der Waals surface area contributed by atoms with Crippen LogP contribution in [0, 0.1) is 0 Å². The number of hydrogen-bond donors (Lipinski definition) is 0. The van der Waals surface area contributed by atoms with Gasteiger partial charge in [0.2, 0.25) is 0 Å². The van der Waals surface area contributed by atoms with Gasteiger partial charge in [-0.15, -0.1) is 0 Å². The van der Waals surface area contributed by atoms with E-state index < -0.39 is 0 Å². The molecule has 0 spiro atoms. The normalized spacial score (nSPS) is 3.00. The summed E-state index contributed by atoms with van der Waals surface area (Å²) in [6.45, 7) is 124. The molecule has 0 saturated carbocycles. The summed E-state index contributed by atoms with van der Waals surface area (Å²) in [5.74, 6) is 0. The van der Waals surface area contributed by atoms with E-state index in [4.69, 9.17) is 0 Å². The van der Waals surface area contributed by atoms with E-state index in [2.05, 4.69) is 0 Å². The van der Waals surface area contributed by atoms with E-state index in [1.54, 1.807) is 0 Å². The summed E-state index contributed by atoms with van der Waals surface area (Å²) in [6, 6.07) is 0. The smallest absolute Gasteiger partial charge is 0.0683 e. The first-order valence-corrected chi connectivity index (χ1v) is 31.0. The molecule has 0 amide bonds. The van der Waals surface area contributed by atoms with Crippen LogP contribution >= 0.6 is 0 Å². The molecule has 0 aromatic heterocycles. The van der Waals surface area contributed by atoms with Gasteiger partial charge in [0, 0.05) is 0 Å². The summed E-state index contributed by atoms with van der Waals surface area (Å²) in [6.07, 6.45) is 0. The van der Waals surface area contributed by atoms with E-state index in [1.165, 1.54) is 0 Å². The Labute approximate surface area is 427 Å².